The van der Waals surface area contributed by atoms with E-state index in [1.54, 1.807) is 35.9 Å². The number of hydrogen-bond acceptors (Lipinski definition) is 4. The van der Waals surface area contributed by atoms with E-state index in [-0.39, 0.29) is 0 Å². The number of aliphatic imine (C=N–C) groups is 1. The van der Waals surface area contributed by atoms with E-state index in [1.807, 2.05) is 21.0 Å². The predicted molar refractivity (Wildman–Crippen MR) is 79.8 cm³/mol. The minimum Gasteiger partial charge on any atom is -0.369 e. The second kappa shape index (κ2) is 5.85. The van der Waals surface area contributed by atoms with E-state index < -0.39 is 9.73 Å². The predicted octanol–water partition coefficient (Wildman–Crippen LogP) is 2.45. The lowest BCUT2D eigenvalue weighted by molar-refractivity contribution is 0.643. The van der Waals surface area contributed by atoms with Gasteiger partial charge in [-0.3, -0.25) is 0 Å². The second-order valence-corrected chi connectivity index (χ2v) is 7.29. The third-order valence-corrected chi connectivity index (χ3v) is 2.81. The number of nitriles is 1. The first kappa shape index (κ1) is 15.2. The summed E-state index contributed by atoms with van der Waals surface area (Å²) < 4.78 is 15.9. The summed E-state index contributed by atoms with van der Waals surface area (Å²) in [5.74, 6) is 0. The van der Waals surface area contributed by atoms with Crippen LogP contribution in [0.5, 0.6) is 0 Å². The first-order valence-corrected chi connectivity index (χ1v) is 7.98. The van der Waals surface area contributed by atoms with Gasteiger partial charge in [-0.05, 0) is 24.6 Å². The van der Waals surface area contributed by atoms with Crippen molar-refractivity contribution < 1.29 is 4.21 Å². The van der Waals surface area contributed by atoms with E-state index in [2.05, 4.69) is 15.4 Å². The van der Waals surface area contributed by atoms with Crippen LogP contribution in [0.2, 0.25) is 0 Å². The largest absolute Gasteiger partial charge is 0.369 e. The molecule has 0 bridgehead atoms. The summed E-state index contributed by atoms with van der Waals surface area (Å²) in [6.45, 7) is 1.82. The molecule has 0 aliphatic rings. The lowest BCUT2D eigenvalue weighted by Gasteiger charge is -2.07. The van der Waals surface area contributed by atoms with Crippen LogP contribution in [-0.2, 0) is 9.73 Å². The molecule has 0 saturated heterocycles. The number of rotatable bonds is 3. The van der Waals surface area contributed by atoms with Gasteiger partial charge in [0.1, 0.15) is 6.07 Å². The van der Waals surface area contributed by atoms with Crippen LogP contribution in [0.3, 0.4) is 0 Å². The Bertz CT molecular complexity index is 654. The van der Waals surface area contributed by atoms with Crippen LogP contribution in [0.15, 0.2) is 21.5 Å². The Morgan fingerprint density at radius 3 is 2.47 bits per heavy atom. The second-order valence-electron chi connectivity index (χ2n) is 4.75. The summed E-state index contributed by atoms with van der Waals surface area (Å²) >= 11 is 0. The van der Waals surface area contributed by atoms with Crippen molar-refractivity contribution in [3.05, 3.63) is 23.3 Å². The van der Waals surface area contributed by atoms with E-state index in [0.717, 1.165) is 5.56 Å². The monoisotopic (exact) mass is 278 g/mol. The van der Waals surface area contributed by atoms with Gasteiger partial charge in [-0.2, -0.15) is 9.62 Å². The molecule has 0 unspecified atom stereocenters. The smallest absolute Gasteiger partial charge is 0.102 e. The average Bonchev–Trinajstić information content (AvgIpc) is 2.23. The van der Waals surface area contributed by atoms with Gasteiger partial charge >= 0.3 is 0 Å². The summed E-state index contributed by atoms with van der Waals surface area (Å²) in [6, 6.07) is 5.56. The molecular formula is C13H18N4OS. The summed E-state index contributed by atoms with van der Waals surface area (Å²) in [5.41, 5.74) is 2.41. The van der Waals surface area contributed by atoms with Gasteiger partial charge in [0.05, 0.1) is 23.3 Å². The highest BCUT2D eigenvalue weighted by Crippen LogP contribution is 2.29. The molecule has 0 N–H and O–H groups in total. The Balaban J connectivity index is 3.44. The molecule has 5 nitrogen and oxygen atoms in total. The molecule has 6 heteroatoms. The summed E-state index contributed by atoms with van der Waals surface area (Å²) in [4.78, 5) is 6.03. The minimum atomic E-state index is -2.23. The van der Waals surface area contributed by atoms with Crippen LogP contribution in [-0.4, -0.2) is 42.1 Å². The van der Waals surface area contributed by atoms with Crippen molar-refractivity contribution in [1.29, 1.82) is 5.26 Å². The Kier molecular flexibility index (Phi) is 4.67. The number of benzene rings is 1. The molecular weight excluding hydrogens is 260 g/mol. The summed E-state index contributed by atoms with van der Waals surface area (Å²) in [5, 5.41) is 9.16. The standard InChI is InChI=1S/C13H18N4OS/c1-10-6-11(16-19(4,5)18)7-13(12(10)8-14)15-9-17(2)3/h6-7,9H,1-5H3/b15-9-. The lowest BCUT2D eigenvalue weighted by atomic mass is 10.1. The van der Waals surface area contributed by atoms with Gasteiger partial charge in [0.25, 0.3) is 0 Å². The highest BCUT2D eigenvalue weighted by Gasteiger charge is 2.07. The van der Waals surface area contributed by atoms with Crippen LogP contribution >= 0.6 is 0 Å². The molecule has 0 saturated carbocycles. The SMILES string of the molecule is Cc1cc(N=S(C)(C)=O)cc(/N=C\N(C)C)c1C#N. The molecule has 0 fully saturated rings. The quantitative estimate of drug-likeness (QED) is 0.630. The number of nitrogens with zero attached hydrogens (tertiary/aromatic N) is 4. The van der Waals surface area contributed by atoms with Crippen molar-refractivity contribution in [3.8, 4) is 6.07 Å². The maximum Gasteiger partial charge on any atom is 0.102 e. The van der Waals surface area contributed by atoms with Gasteiger partial charge in [-0.25, -0.2) is 9.20 Å². The van der Waals surface area contributed by atoms with Crippen molar-refractivity contribution in [1.82, 2.24) is 4.90 Å². The normalized spacial score (nSPS) is 11.4. The fraction of sp³-hybridized carbons (Fsp3) is 0.385. The van der Waals surface area contributed by atoms with E-state index in [0.29, 0.717) is 16.9 Å². The zero-order valence-electron chi connectivity index (χ0n) is 11.8. The fourth-order valence-electron chi connectivity index (χ4n) is 1.48. The van der Waals surface area contributed by atoms with Crippen LogP contribution in [0.1, 0.15) is 11.1 Å². The molecule has 1 aromatic rings. The van der Waals surface area contributed by atoms with Crippen molar-refractivity contribution >= 4 is 27.4 Å². The fourth-order valence-corrected chi connectivity index (χ4v) is 2.09. The molecule has 1 rings (SSSR count). The van der Waals surface area contributed by atoms with Gasteiger partial charge < -0.3 is 4.90 Å². The zero-order chi connectivity index (χ0) is 14.6. The third kappa shape index (κ3) is 4.72. The van der Waals surface area contributed by atoms with Crippen LogP contribution in [0.25, 0.3) is 0 Å². The molecule has 19 heavy (non-hydrogen) atoms. The Morgan fingerprint density at radius 1 is 1.37 bits per heavy atom. The molecule has 0 heterocycles. The summed E-state index contributed by atoms with van der Waals surface area (Å²) in [7, 11) is 1.47. The minimum absolute atomic E-state index is 0.510. The average molecular weight is 278 g/mol. The maximum atomic E-state index is 11.7. The maximum absolute atomic E-state index is 11.7. The van der Waals surface area contributed by atoms with Gasteiger partial charge in [0, 0.05) is 36.3 Å². The number of hydrogen-bond donors (Lipinski definition) is 0. The molecule has 0 aliphatic heterocycles. The number of aryl methyl sites for hydroxylation is 1. The van der Waals surface area contributed by atoms with E-state index >= 15 is 0 Å². The molecule has 0 atom stereocenters. The third-order valence-electron chi connectivity index (χ3n) is 2.16. The van der Waals surface area contributed by atoms with Crippen molar-refractivity contribution in [2.24, 2.45) is 9.36 Å². The van der Waals surface area contributed by atoms with Crippen LogP contribution in [0, 0.1) is 18.3 Å². The molecule has 0 spiro atoms. The molecule has 0 amide bonds. The first-order valence-electron chi connectivity index (χ1n) is 5.65. The van der Waals surface area contributed by atoms with E-state index in [1.165, 1.54) is 0 Å². The Morgan fingerprint density at radius 2 is 2.00 bits per heavy atom. The van der Waals surface area contributed by atoms with Gasteiger partial charge in [0.2, 0.25) is 0 Å². The highest BCUT2D eigenvalue weighted by atomic mass is 32.2. The Hall–Kier alpha value is -1.87. The zero-order valence-corrected chi connectivity index (χ0v) is 12.7. The van der Waals surface area contributed by atoms with Gasteiger partial charge in [-0.15, -0.1) is 0 Å². The van der Waals surface area contributed by atoms with Crippen LogP contribution < -0.4 is 0 Å². The van der Waals surface area contributed by atoms with E-state index in [4.69, 9.17) is 5.26 Å². The molecule has 0 aliphatic carbocycles. The molecule has 1 aromatic carbocycles. The highest BCUT2D eigenvalue weighted by molar-refractivity contribution is 7.92. The van der Waals surface area contributed by atoms with Crippen molar-refractivity contribution in [2.75, 3.05) is 26.6 Å². The van der Waals surface area contributed by atoms with E-state index in [9.17, 15) is 4.21 Å². The van der Waals surface area contributed by atoms with Crippen LogP contribution in [0.4, 0.5) is 11.4 Å². The molecule has 102 valence electrons. The molecule has 0 aromatic heterocycles. The van der Waals surface area contributed by atoms with Gasteiger partial charge in [0.15, 0.2) is 0 Å². The van der Waals surface area contributed by atoms with Crippen molar-refractivity contribution in [2.45, 2.75) is 6.92 Å². The lowest BCUT2D eigenvalue weighted by Crippen LogP contribution is -2.07. The topological polar surface area (TPSA) is 68.8 Å². The van der Waals surface area contributed by atoms with Crippen molar-refractivity contribution in [3.63, 3.8) is 0 Å². The first-order chi connectivity index (χ1) is 8.73. The summed E-state index contributed by atoms with van der Waals surface area (Å²) in [6.07, 6.45) is 4.77. The van der Waals surface area contributed by atoms with Gasteiger partial charge in [-0.1, -0.05) is 0 Å². The Labute approximate surface area is 114 Å². The molecule has 0 radical (unpaired) electrons.